The number of carbonyl (C=O) groups excluding carboxylic acids is 1. The Morgan fingerprint density at radius 2 is 1.84 bits per heavy atom. The topological polar surface area (TPSA) is 62.2 Å². The van der Waals surface area contributed by atoms with Crippen molar-refractivity contribution in [3.63, 3.8) is 0 Å². The second-order valence-corrected chi connectivity index (χ2v) is 8.95. The van der Waals surface area contributed by atoms with Crippen molar-refractivity contribution in [3.8, 4) is 10.6 Å². The zero-order chi connectivity index (χ0) is 21.8. The fourth-order valence-corrected chi connectivity index (χ4v) is 4.92. The summed E-state index contributed by atoms with van der Waals surface area (Å²) in [5, 5.41) is 2.96. The van der Waals surface area contributed by atoms with E-state index in [4.69, 9.17) is 0 Å². The van der Waals surface area contributed by atoms with Gasteiger partial charge in [-0.25, -0.2) is 9.37 Å². The van der Waals surface area contributed by atoms with Crippen LogP contribution in [0.1, 0.15) is 32.4 Å². The second-order valence-electron chi connectivity index (χ2n) is 7.94. The SMILES string of the molecule is CCN(CC)c1ncc(-c2cc3cc(CC(=O)CN4CCC(F)CC4)ncc3cn2)s1. The molecule has 0 aliphatic carbocycles. The van der Waals surface area contributed by atoms with Crippen molar-refractivity contribution >= 4 is 33.0 Å². The van der Waals surface area contributed by atoms with Gasteiger partial charge in [0.05, 0.1) is 23.5 Å². The van der Waals surface area contributed by atoms with E-state index < -0.39 is 6.17 Å². The lowest BCUT2D eigenvalue weighted by Crippen LogP contribution is -2.38. The molecule has 0 aromatic carbocycles. The number of piperidine rings is 1. The smallest absolute Gasteiger partial charge is 0.185 e. The summed E-state index contributed by atoms with van der Waals surface area (Å²) in [4.78, 5) is 31.4. The summed E-state index contributed by atoms with van der Waals surface area (Å²) >= 11 is 1.64. The first kappa shape index (κ1) is 21.8. The number of ketones is 1. The molecule has 4 rings (SSSR count). The van der Waals surface area contributed by atoms with Gasteiger partial charge in [0.15, 0.2) is 10.9 Å². The van der Waals surface area contributed by atoms with E-state index >= 15 is 0 Å². The molecular formula is C23H28FN5OS. The number of carbonyl (C=O) groups is 1. The van der Waals surface area contributed by atoms with Crippen molar-refractivity contribution in [2.45, 2.75) is 39.3 Å². The monoisotopic (exact) mass is 441 g/mol. The number of pyridine rings is 2. The zero-order valence-corrected chi connectivity index (χ0v) is 18.9. The number of alkyl halides is 1. The highest BCUT2D eigenvalue weighted by atomic mass is 32.1. The van der Waals surface area contributed by atoms with Crippen LogP contribution in [-0.4, -0.2) is 64.5 Å². The van der Waals surface area contributed by atoms with Crippen LogP contribution in [0.4, 0.5) is 9.52 Å². The molecule has 1 fully saturated rings. The minimum Gasteiger partial charge on any atom is -0.349 e. The highest BCUT2D eigenvalue weighted by Crippen LogP contribution is 2.31. The maximum atomic E-state index is 13.3. The molecule has 31 heavy (non-hydrogen) atoms. The Bertz CT molecular complexity index is 1040. The molecule has 6 nitrogen and oxygen atoms in total. The summed E-state index contributed by atoms with van der Waals surface area (Å²) in [6, 6.07) is 4.01. The normalized spacial score (nSPS) is 15.5. The van der Waals surface area contributed by atoms with E-state index in [0.717, 1.165) is 45.3 Å². The molecule has 0 spiro atoms. The molecule has 0 amide bonds. The van der Waals surface area contributed by atoms with Crippen LogP contribution in [0.3, 0.4) is 0 Å². The van der Waals surface area contributed by atoms with E-state index in [2.05, 4.69) is 33.7 Å². The largest absolute Gasteiger partial charge is 0.349 e. The number of anilines is 1. The fraction of sp³-hybridized carbons (Fsp3) is 0.478. The first-order valence-electron chi connectivity index (χ1n) is 10.9. The van der Waals surface area contributed by atoms with Crippen LogP contribution < -0.4 is 4.90 Å². The van der Waals surface area contributed by atoms with Gasteiger partial charge in [-0.1, -0.05) is 11.3 Å². The fourth-order valence-electron chi connectivity index (χ4n) is 3.91. The van der Waals surface area contributed by atoms with Crippen LogP contribution in [0, 0.1) is 0 Å². The van der Waals surface area contributed by atoms with Crippen LogP contribution in [0.25, 0.3) is 21.3 Å². The van der Waals surface area contributed by atoms with Gasteiger partial charge in [0.25, 0.3) is 0 Å². The quantitative estimate of drug-likeness (QED) is 0.523. The minimum atomic E-state index is -0.724. The third-order valence-corrected chi connectivity index (χ3v) is 6.82. The maximum Gasteiger partial charge on any atom is 0.185 e. The zero-order valence-electron chi connectivity index (χ0n) is 18.1. The summed E-state index contributed by atoms with van der Waals surface area (Å²) in [7, 11) is 0. The van der Waals surface area contributed by atoms with Gasteiger partial charge >= 0.3 is 0 Å². The number of nitrogens with zero attached hydrogens (tertiary/aromatic N) is 5. The third kappa shape index (κ3) is 5.25. The molecule has 0 unspecified atom stereocenters. The first-order chi connectivity index (χ1) is 15.1. The van der Waals surface area contributed by atoms with E-state index in [0.29, 0.717) is 32.5 Å². The second kappa shape index (κ2) is 9.78. The number of fused-ring (bicyclic) bond motifs is 1. The number of halogens is 1. The van der Waals surface area contributed by atoms with Crippen molar-refractivity contribution in [2.75, 3.05) is 37.6 Å². The lowest BCUT2D eigenvalue weighted by Gasteiger charge is -2.27. The van der Waals surface area contributed by atoms with Crippen LogP contribution in [0.2, 0.25) is 0 Å². The maximum absolute atomic E-state index is 13.3. The number of likely N-dealkylation sites (tertiary alicyclic amines) is 1. The molecule has 0 radical (unpaired) electrons. The van der Waals surface area contributed by atoms with Gasteiger partial charge in [0.1, 0.15) is 6.17 Å². The predicted molar refractivity (Wildman–Crippen MR) is 123 cm³/mol. The molecule has 0 saturated carbocycles. The molecule has 0 bridgehead atoms. The highest BCUT2D eigenvalue weighted by molar-refractivity contribution is 7.18. The standard InChI is InChI=1S/C23H28FN5OS/c1-3-29(4-2)23-27-14-22(31-23)21-10-16-9-19(25-12-17(16)13-26-21)11-20(30)15-28-7-5-18(24)6-8-28/h9-10,12-14,18H,3-8,11,15H2,1-2H3. The van der Waals surface area contributed by atoms with E-state index in [1.54, 1.807) is 17.5 Å². The number of hydrogen-bond acceptors (Lipinski definition) is 7. The van der Waals surface area contributed by atoms with Crippen molar-refractivity contribution in [2.24, 2.45) is 0 Å². The molecule has 3 aromatic rings. The van der Waals surface area contributed by atoms with Crippen molar-refractivity contribution in [1.82, 2.24) is 19.9 Å². The molecular weight excluding hydrogens is 413 g/mol. The van der Waals surface area contributed by atoms with E-state index in [1.807, 2.05) is 29.4 Å². The van der Waals surface area contributed by atoms with Gasteiger partial charge in [-0.05, 0) is 44.2 Å². The summed E-state index contributed by atoms with van der Waals surface area (Å²) in [5.74, 6) is 0.116. The number of hydrogen-bond donors (Lipinski definition) is 0. The van der Waals surface area contributed by atoms with Crippen molar-refractivity contribution in [1.29, 1.82) is 0 Å². The molecule has 1 saturated heterocycles. The Morgan fingerprint density at radius 3 is 2.58 bits per heavy atom. The number of rotatable bonds is 8. The predicted octanol–water partition coefficient (Wildman–Crippen LogP) is 4.15. The van der Waals surface area contributed by atoms with Crippen molar-refractivity contribution < 1.29 is 9.18 Å². The van der Waals surface area contributed by atoms with Gasteiger partial charge in [-0.15, -0.1) is 0 Å². The molecule has 3 aromatic heterocycles. The van der Waals surface area contributed by atoms with Gasteiger partial charge in [0, 0.05) is 55.8 Å². The molecule has 1 aliphatic heterocycles. The third-order valence-electron chi connectivity index (χ3n) is 5.74. The lowest BCUT2D eigenvalue weighted by molar-refractivity contribution is -0.120. The Labute approximate surface area is 186 Å². The van der Waals surface area contributed by atoms with Gasteiger partial charge < -0.3 is 4.90 Å². The Kier molecular flexibility index (Phi) is 6.87. The summed E-state index contributed by atoms with van der Waals surface area (Å²) in [6.07, 6.45) is 6.07. The molecule has 0 N–H and O–H groups in total. The van der Waals surface area contributed by atoms with Gasteiger partial charge in [0.2, 0.25) is 0 Å². The van der Waals surface area contributed by atoms with E-state index in [-0.39, 0.29) is 12.2 Å². The Hall–Kier alpha value is -2.45. The van der Waals surface area contributed by atoms with Gasteiger partial charge in [-0.3, -0.25) is 19.7 Å². The van der Waals surface area contributed by atoms with Crippen LogP contribution in [0.15, 0.2) is 30.7 Å². The minimum absolute atomic E-state index is 0.116. The van der Waals surface area contributed by atoms with Crippen LogP contribution in [0.5, 0.6) is 0 Å². The molecule has 164 valence electrons. The average Bonchev–Trinajstić information content (AvgIpc) is 3.26. The summed E-state index contributed by atoms with van der Waals surface area (Å²) < 4.78 is 13.3. The van der Waals surface area contributed by atoms with Crippen molar-refractivity contribution in [3.05, 3.63) is 36.4 Å². The number of aromatic nitrogens is 3. The number of Topliss-reactive ketones (excluding diaryl/α,β-unsaturated/α-hetero) is 1. The lowest BCUT2D eigenvalue weighted by atomic mass is 10.1. The Balaban J connectivity index is 1.48. The highest BCUT2D eigenvalue weighted by Gasteiger charge is 2.20. The van der Waals surface area contributed by atoms with Gasteiger partial charge in [-0.2, -0.15) is 0 Å². The average molecular weight is 442 g/mol. The molecule has 8 heteroatoms. The van der Waals surface area contributed by atoms with Crippen LogP contribution in [-0.2, 0) is 11.2 Å². The molecule has 4 heterocycles. The summed E-state index contributed by atoms with van der Waals surface area (Å²) in [6.45, 7) is 7.75. The van der Waals surface area contributed by atoms with E-state index in [9.17, 15) is 9.18 Å². The van der Waals surface area contributed by atoms with Crippen LogP contribution >= 0.6 is 11.3 Å². The van der Waals surface area contributed by atoms with E-state index in [1.165, 1.54) is 0 Å². The number of thiazole rings is 1. The molecule has 0 atom stereocenters. The first-order valence-corrected chi connectivity index (χ1v) is 11.7. The molecule has 1 aliphatic rings. The Morgan fingerprint density at radius 1 is 1.10 bits per heavy atom. The summed E-state index contributed by atoms with van der Waals surface area (Å²) in [5.41, 5.74) is 1.63.